The van der Waals surface area contributed by atoms with Crippen LogP contribution in [0, 0.1) is 0 Å². The molecule has 0 atom stereocenters. The van der Waals surface area contributed by atoms with Gasteiger partial charge in [0.15, 0.2) is 5.81 Å². The van der Waals surface area contributed by atoms with E-state index in [1.54, 1.807) is 24.3 Å². The Morgan fingerprint density at radius 1 is 1.38 bits per heavy atom. The van der Waals surface area contributed by atoms with Crippen LogP contribution in [0.2, 0.25) is 0 Å². The molecule has 64 valence electrons. The summed E-state index contributed by atoms with van der Waals surface area (Å²) in [5, 5.41) is 8.89. The molecule has 0 aliphatic heterocycles. The van der Waals surface area contributed by atoms with Gasteiger partial charge in [-0.25, -0.2) is 4.99 Å². The highest BCUT2D eigenvalue weighted by molar-refractivity contribution is 6.58. The van der Waals surface area contributed by atoms with Gasteiger partial charge in [-0.15, -0.1) is 0 Å². The van der Waals surface area contributed by atoms with Gasteiger partial charge in [-0.2, -0.15) is 0 Å². The molecular weight excluding hydrogens is 165 g/mol. The number of aliphatic hydroxyl groups is 1. The summed E-state index contributed by atoms with van der Waals surface area (Å²) in [6.45, 7) is -0.299. The summed E-state index contributed by atoms with van der Waals surface area (Å²) >= 11 is 0. The van der Waals surface area contributed by atoms with Crippen LogP contribution in [0.1, 0.15) is 5.56 Å². The average molecular weight is 173 g/mol. The molecule has 2 radical (unpaired) electrons. The van der Waals surface area contributed by atoms with Crippen molar-refractivity contribution in [2.45, 2.75) is 0 Å². The van der Waals surface area contributed by atoms with Crippen molar-refractivity contribution in [3.8, 4) is 0 Å². The van der Waals surface area contributed by atoms with Crippen LogP contribution in [0.15, 0.2) is 35.3 Å². The Balaban J connectivity index is 2.98. The predicted octanol–water partition coefficient (Wildman–Crippen LogP) is 0.756. The topological polar surface area (TPSA) is 49.7 Å². The second-order valence-electron chi connectivity index (χ2n) is 2.42. The molecule has 0 aliphatic rings. The minimum absolute atomic E-state index is 0.285. The van der Waals surface area contributed by atoms with Crippen molar-refractivity contribution in [2.75, 3.05) is 6.61 Å². The van der Waals surface area contributed by atoms with E-state index in [0.717, 1.165) is 0 Å². The standard InChI is InChI=1S/C9H8BNO2/c10-9(13)11-8(6-12)7-4-2-1-3-5-7/h1-5,12H,6H2. The molecule has 1 aromatic rings. The van der Waals surface area contributed by atoms with Gasteiger partial charge in [0.2, 0.25) is 7.85 Å². The number of hydrogen-bond donors (Lipinski definition) is 1. The largest absolute Gasteiger partial charge is 0.390 e. The summed E-state index contributed by atoms with van der Waals surface area (Å²) in [5.74, 6) is -0.798. The lowest BCUT2D eigenvalue weighted by Crippen LogP contribution is -2.08. The first kappa shape index (κ1) is 9.67. The summed E-state index contributed by atoms with van der Waals surface area (Å²) in [6.07, 6.45) is 0. The molecular formula is C9H8BNO2. The predicted molar refractivity (Wildman–Crippen MR) is 51.2 cm³/mol. The molecule has 0 saturated carbocycles. The van der Waals surface area contributed by atoms with Gasteiger partial charge in [-0.3, -0.25) is 4.79 Å². The fourth-order valence-corrected chi connectivity index (χ4v) is 0.955. The van der Waals surface area contributed by atoms with Crippen molar-refractivity contribution >= 4 is 19.4 Å². The van der Waals surface area contributed by atoms with Gasteiger partial charge in [0.05, 0.1) is 12.3 Å². The first-order chi connectivity index (χ1) is 6.24. The number of aliphatic imine (C=N–C) groups is 1. The summed E-state index contributed by atoms with van der Waals surface area (Å²) in [5.41, 5.74) is 0.983. The van der Waals surface area contributed by atoms with Crippen LogP contribution in [0.4, 0.5) is 4.79 Å². The van der Waals surface area contributed by atoms with Crippen molar-refractivity contribution in [1.29, 1.82) is 0 Å². The van der Waals surface area contributed by atoms with Crippen molar-refractivity contribution in [3.63, 3.8) is 0 Å². The molecule has 0 saturated heterocycles. The molecule has 4 heteroatoms. The molecule has 1 N–H and O–H groups in total. The van der Waals surface area contributed by atoms with Gasteiger partial charge >= 0.3 is 0 Å². The Bertz CT molecular complexity index is 322. The maximum absolute atomic E-state index is 10.5. The number of carbonyl (C=O) groups is 1. The molecule has 1 amide bonds. The maximum atomic E-state index is 10.5. The zero-order valence-electron chi connectivity index (χ0n) is 6.97. The van der Waals surface area contributed by atoms with Crippen molar-refractivity contribution in [1.82, 2.24) is 0 Å². The highest BCUT2D eigenvalue weighted by Crippen LogP contribution is 2.00. The number of aliphatic hydroxyl groups excluding tert-OH is 1. The van der Waals surface area contributed by atoms with Crippen molar-refractivity contribution in [3.05, 3.63) is 35.9 Å². The molecule has 0 heterocycles. The SMILES string of the molecule is [B]C(=O)N=C(CO)c1ccccc1. The van der Waals surface area contributed by atoms with Gasteiger partial charge in [-0.1, -0.05) is 30.3 Å². The zero-order chi connectivity index (χ0) is 9.68. The van der Waals surface area contributed by atoms with E-state index in [0.29, 0.717) is 5.56 Å². The first-order valence-corrected chi connectivity index (χ1v) is 3.77. The van der Waals surface area contributed by atoms with E-state index in [4.69, 9.17) is 13.0 Å². The van der Waals surface area contributed by atoms with E-state index < -0.39 is 5.81 Å². The smallest absolute Gasteiger partial charge is 0.203 e. The number of carbonyl (C=O) groups excluding carboxylic acids is 1. The summed E-state index contributed by atoms with van der Waals surface area (Å²) in [7, 11) is 4.87. The molecule has 1 rings (SSSR count). The maximum Gasteiger partial charge on any atom is 0.203 e. The molecule has 3 nitrogen and oxygen atoms in total. The van der Waals surface area contributed by atoms with Gasteiger partial charge in [-0.05, 0) is 5.56 Å². The van der Waals surface area contributed by atoms with Crippen LogP contribution < -0.4 is 0 Å². The van der Waals surface area contributed by atoms with Gasteiger partial charge in [0, 0.05) is 0 Å². The molecule has 0 aliphatic carbocycles. The van der Waals surface area contributed by atoms with E-state index in [9.17, 15) is 4.79 Å². The van der Waals surface area contributed by atoms with Crippen LogP contribution in [-0.4, -0.2) is 31.1 Å². The first-order valence-electron chi connectivity index (χ1n) is 3.77. The third-order valence-corrected chi connectivity index (χ3v) is 1.50. The number of nitrogens with zero attached hydrogens (tertiary/aromatic N) is 1. The van der Waals surface area contributed by atoms with Gasteiger partial charge < -0.3 is 5.11 Å². The minimum Gasteiger partial charge on any atom is -0.390 e. The van der Waals surface area contributed by atoms with Crippen LogP contribution in [-0.2, 0) is 0 Å². The molecule has 0 spiro atoms. The Kier molecular flexibility index (Phi) is 3.40. The third kappa shape index (κ3) is 2.84. The van der Waals surface area contributed by atoms with Gasteiger partial charge in [0.1, 0.15) is 0 Å². The second-order valence-corrected chi connectivity index (χ2v) is 2.42. The Hall–Kier alpha value is -1.42. The van der Waals surface area contributed by atoms with E-state index in [-0.39, 0.29) is 12.3 Å². The lowest BCUT2D eigenvalue weighted by Gasteiger charge is -2.00. The molecule has 0 fully saturated rings. The Labute approximate surface area is 77.5 Å². The van der Waals surface area contributed by atoms with E-state index in [2.05, 4.69) is 4.99 Å². The highest BCUT2D eigenvalue weighted by Gasteiger charge is 2.01. The molecule has 0 bridgehead atoms. The molecule has 0 aromatic heterocycles. The lowest BCUT2D eigenvalue weighted by molar-refractivity contribution is 0.266. The average Bonchev–Trinajstić information content (AvgIpc) is 2.15. The van der Waals surface area contributed by atoms with Gasteiger partial charge in [0.25, 0.3) is 0 Å². The Morgan fingerprint density at radius 3 is 2.46 bits per heavy atom. The number of hydrogen-bond acceptors (Lipinski definition) is 2. The number of amides is 1. The third-order valence-electron chi connectivity index (χ3n) is 1.50. The minimum atomic E-state index is -0.798. The van der Waals surface area contributed by atoms with E-state index >= 15 is 0 Å². The van der Waals surface area contributed by atoms with Crippen LogP contribution in [0.3, 0.4) is 0 Å². The van der Waals surface area contributed by atoms with Crippen LogP contribution in [0.25, 0.3) is 0 Å². The molecule has 1 aromatic carbocycles. The zero-order valence-corrected chi connectivity index (χ0v) is 6.97. The number of rotatable bonds is 2. The van der Waals surface area contributed by atoms with Crippen molar-refractivity contribution in [2.24, 2.45) is 4.99 Å². The summed E-state index contributed by atoms with van der Waals surface area (Å²) in [4.78, 5) is 13.9. The molecule has 0 unspecified atom stereocenters. The lowest BCUT2D eigenvalue weighted by atomic mass is 10.1. The Morgan fingerprint density at radius 2 is 2.00 bits per heavy atom. The quantitative estimate of drug-likeness (QED) is 0.530. The van der Waals surface area contributed by atoms with Crippen molar-refractivity contribution < 1.29 is 9.90 Å². The summed E-state index contributed by atoms with van der Waals surface area (Å²) < 4.78 is 0. The van der Waals surface area contributed by atoms with E-state index in [1.807, 2.05) is 6.07 Å². The normalized spacial score (nSPS) is 11.3. The fourth-order valence-electron chi connectivity index (χ4n) is 0.955. The number of benzene rings is 1. The molecule has 13 heavy (non-hydrogen) atoms. The fraction of sp³-hybridized carbons (Fsp3) is 0.111. The van der Waals surface area contributed by atoms with E-state index in [1.165, 1.54) is 0 Å². The summed E-state index contributed by atoms with van der Waals surface area (Å²) in [6, 6.07) is 8.92. The highest BCUT2D eigenvalue weighted by atomic mass is 16.3. The van der Waals surface area contributed by atoms with Crippen LogP contribution >= 0.6 is 0 Å². The monoisotopic (exact) mass is 173 g/mol. The second kappa shape index (κ2) is 4.57. The van der Waals surface area contributed by atoms with Crippen LogP contribution in [0.5, 0.6) is 0 Å².